The Morgan fingerprint density at radius 1 is 0.344 bits per heavy atom. The van der Waals surface area contributed by atoms with Crippen molar-refractivity contribution in [2.24, 2.45) is 0 Å². The summed E-state index contributed by atoms with van der Waals surface area (Å²) in [4.78, 5) is 2.42. The second-order valence-corrected chi connectivity index (χ2v) is 17.9. The summed E-state index contributed by atoms with van der Waals surface area (Å²) in [5.74, 6) is 0. The third-order valence-electron chi connectivity index (χ3n) is 13.5. The van der Waals surface area contributed by atoms with E-state index >= 15 is 0 Å². The lowest BCUT2D eigenvalue weighted by Crippen LogP contribution is -2.28. The highest BCUT2D eigenvalue weighted by Gasteiger charge is 2.46. The summed E-state index contributed by atoms with van der Waals surface area (Å²) in [6, 6.07) is 89.5. The predicted molar refractivity (Wildman–Crippen MR) is 271 cm³/mol. The first-order valence-corrected chi connectivity index (χ1v) is 22.8. The fourth-order valence-electron chi connectivity index (χ4n) is 10.7. The molecule has 0 unspecified atom stereocenters. The standard InChI is InChI=1S/C61H40N2S/c1-3-15-43(16-4-1)61(44-17-5-2-6-18-44)55-23-11-7-19-49(55)54-40-48(36-38-56(54)61)62(45-30-27-41(28-31-45)42-29-37-53-52-22-10-14-26-59(52)64-60(53)39-42)46-32-34-47(35-33-46)63-57-24-12-8-20-50(57)51-21-9-13-25-58(51)63/h1-40H. The summed E-state index contributed by atoms with van der Waals surface area (Å²) in [5.41, 5.74) is 16.4. The van der Waals surface area contributed by atoms with Crippen LogP contribution in [0.15, 0.2) is 243 Å². The Morgan fingerprint density at radius 2 is 0.859 bits per heavy atom. The molecule has 0 saturated heterocycles. The normalized spacial score (nSPS) is 12.8. The number of aromatic nitrogens is 1. The Morgan fingerprint density at radius 3 is 1.55 bits per heavy atom. The minimum Gasteiger partial charge on any atom is -0.310 e. The minimum absolute atomic E-state index is 0.459. The average Bonchev–Trinajstić information content (AvgIpc) is 4.01. The number of thiophene rings is 1. The Kier molecular flexibility index (Phi) is 8.34. The number of fused-ring (bicyclic) bond motifs is 9. The van der Waals surface area contributed by atoms with Crippen molar-refractivity contribution in [3.63, 3.8) is 0 Å². The van der Waals surface area contributed by atoms with E-state index in [2.05, 4.69) is 252 Å². The molecule has 3 heteroatoms. The molecule has 0 aliphatic heterocycles. The van der Waals surface area contributed by atoms with E-state index in [1.807, 2.05) is 11.3 Å². The molecule has 0 bridgehead atoms. The van der Waals surface area contributed by atoms with Gasteiger partial charge in [-0.3, -0.25) is 0 Å². The molecule has 0 saturated carbocycles. The van der Waals surface area contributed by atoms with Crippen LogP contribution in [0, 0.1) is 0 Å². The van der Waals surface area contributed by atoms with Crippen LogP contribution in [0.3, 0.4) is 0 Å². The zero-order chi connectivity index (χ0) is 42.2. The first-order chi connectivity index (χ1) is 31.7. The van der Waals surface area contributed by atoms with Gasteiger partial charge in [0, 0.05) is 53.7 Å². The van der Waals surface area contributed by atoms with Crippen molar-refractivity contribution in [3.8, 4) is 27.9 Å². The molecule has 1 aliphatic carbocycles. The van der Waals surface area contributed by atoms with Gasteiger partial charge in [0.1, 0.15) is 0 Å². The van der Waals surface area contributed by atoms with Crippen LogP contribution in [0.4, 0.5) is 17.1 Å². The van der Waals surface area contributed by atoms with Crippen LogP contribution in [0.5, 0.6) is 0 Å². The maximum absolute atomic E-state index is 2.42. The maximum Gasteiger partial charge on any atom is 0.0713 e. The highest BCUT2D eigenvalue weighted by molar-refractivity contribution is 7.25. The summed E-state index contributed by atoms with van der Waals surface area (Å²) < 4.78 is 5.03. The van der Waals surface area contributed by atoms with E-state index in [4.69, 9.17) is 0 Å². The molecule has 0 spiro atoms. The van der Waals surface area contributed by atoms with Gasteiger partial charge in [-0.25, -0.2) is 0 Å². The van der Waals surface area contributed by atoms with Gasteiger partial charge in [0.2, 0.25) is 0 Å². The van der Waals surface area contributed by atoms with Crippen LogP contribution in [-0.4, -0.2) is 4.57 Å². The Labute approximate surface area is 376 Å². The lowest BCUT2D eigenvalue weighted by molar-refractivity contribution is 0.768. The molecule has 2 nitrogen and oxygen atoms in total. The SMILES string of the molecule is c1ccc(C2(c3ccccc3)c3ccccc3-c3cc(N(c4ccc(-c5ccc6c(c5)sc5ccccc56)cc4)c4ccc(-n5c6ccccc6c6ccccc65)cc4)ccc32)cc1. The summed E-state index contributed by atoms with van der Waals surface area (Å²) in [7, 11) is 0. The number of rotatable bonds is 7. The van der Waals surface area contributed by atoms with Gasteiger partial charge in [-0.05, 0) is 117 Å². The van der Waals surface area contributed by atoms with Crippen LogP contribution in [0.1, 0.15) is 22.3 Å². The van der Waals surface area contributed by atoms with Crippen molar-refractivity contribution >= 4 is 70.4 Å². The van der Waals surface area contributed by atoms with Gasteiger partial charge >= 0.3 is 0 Å². The Hall–Kier alpha value is -7.98. The molecule has 13 rings (SSSR count). The first kappa shape index (κ1) is 36.7. The monoisotopic (exact) mass is 832 g/mol. The van der Waals surface area contributed by atoms with E-state index in [1.165, 1.54) is 86.5 Å². The zero-order valence-electron chi connectivity index (χ0n) is 34.9. The molecule has 64 heavy (non-hydrogen) atoms. The quantitative estimate of drug-likeness (QED) is 0.155. The van der Waals surface area contributed by atoms with Crippen molar-refractivity contribution in [1.29, 1.82) is 0 Å². The summed E-state index contributed by atoms with van der Waals surface area (Å²) in [6.45, 7) is 0. The number of nitrogens with zero attached hydrogens (tertiary/aromatic N) is 2. The smallest absolute Gasteiger partial charge is 0.0713 e. The van der Waals surface area contributed by atoms with Crippen molar-refractivity contribution in [3.05, 3.63) is 265 Å². The van der Waals surface area contributed by atoms with Crippen molar-refractivity contribution < 1.29 is 0 Å². The predicted octanol–water partition coefficient (Wildman–Crippen LogP) is 16.7. The third-order valence-corrected chi connectivity index (χ3v) is 14.6. The Balaban J connectivity index is 0.976. The molecule has 300 valence electrons. The maximum atomic E-state index is 2.42. The molecular formula is C61H40N2S. The molecule has 0 N–H and O–H groups in total. The summed E-state index contributed by atoms with van der Waals surface area (Å²) in [6.07, 6.45) is 0. The molecule has 2 heterocycles. The summed E-state index contributed by atoms with van der Waals surface area (Å²) >= 11 is 1.87. The zero-order valence-corrected chi connectivity index (χ0v) is 35.7. The summed E-state index contributed by atoms with van der Waals surface area (Å²) in [5, 5.41) is 5.16. The molecule has 2 aromatic heterocycles. The second-order valence-electron chi connectivity index (χ2n) is 16.8. The molecule has 1 aliphatic rings. The topological polar surface area (TPSA) is 8.17 Å². The van der Waals surface area contributed by atoms with Gasteiger partial charge in [0.05, 0.1) is 16.4 Å². The largest absolute Gasteiger partial charge is 0.310 e. The van der Waals surface area contributed by atoms with Gasteiger partial charge in [-0.15, -0.1) is 11.3 Å². The van der Waals surface area contributed by atoms with Crippen LogP contribution in [-0.2, 0) is 5.41 Å². The van der Waals surface area contributed by atoms with Crippen LogP contribution in [0.25, 0.3) is 69.9 Å². The van der Waals surface area contributed by atoms with Crippen LogP contribution >= 0.6 is 11.3 Å². The van der Waals surface area contributed by atoms with Gasteiger partial charge < -0.3 is 9.47 Å². The van der Waals surface area contributed by atoms with Crippen molar-refractivity contribution in [2.75, 3.05) is 4.90 Å². The number of benzene rings is 10. The van der Waals surface area contributed by atoms with E-state index < -0.39 is 5.41 Å². The molecule has 0 amide bonds. The highest BCUT2D eigenvalue weighted by atomic mass is 32.1. The first-order valence-electron chi connectivity index (χ1n) is 22.0. The number of anilines is 3. The van der Waals surface area contributed by atoms with Gasteiger partial charge in [0.25, 0.3) is 0 Å². The van der Waals surface area contributed by atoms with Gasteiger partial charge in [-0.2, -0.15) is 0 Å². The molecule has 0 fully saturated rings. The lowest BCUT2D eigenvalue weighted by atomic mass is 9.68. The van der Waals surface area contributed by atoms with Crippen LogP contribution < -0.4 is 4.90 Å². The molecule has 0 atom stereocenters. The second kappa shape index (κ2) is 14.6. The van der Waals surface area contributed by atoms with E-state index in [1.54, 1.807) is 0 Å². The molecule has 10 aromatic carbocycles. The van der Waals surface area contributed by atoms with E-state index in [0.717, 1.165) is 22.7 Å². The number of hydrogen-bond donors (Lipinski definition) is 0. The average molecular weight is 833 g/mol. The molecular weight excluding hydrogens is 793 g/mol. The van der Waals surface area contributed by atoms with E-state index in [9.17, 15) is 0 Å². The molecule has 12 aromatic rings. The number of hydrogen-bond acceptors (Lipinski definition) is 2. The van der Waals surface area contributed by atoms with Crippen molar-refractivity contribution in [2.45, 2.75) is 5.41 Å². The lowest BCUT2D eigenvalue weighted by Gasteiger charge is -2.34. The Bertz CT molecular complexity index is 3620. The molecule has 0 radical (unpaired) electrons. The fourth-order valence-corrected chi connectivity index (χ4v) is 11.8. The van der Waals surface area contributed by atoms with Crippen molar-refractivity contribution in [1.82, 2.24) is 4.57 Å². The van der Waals surface area contributed by atoms with E-state index in [-0.39, 0.29) is 0 Å². The fraction of sp³-hybridized carbons (Fsp3) is 0.0164. The number of para-hydroxylation sites is 2. The third kappa shape index (κ3) is 5.51. The van der Waals surface area contributed by atoms with Gasteiger partial charge in [0.15, 0.2) is 0 Å². The van der Waals surface area contributed by atoms with Crippen LogP contribution in [0.2, 0.25) is 0 Å². The minimum atomic E-state index is -0.459. The van der Waals surface area contributed by atoms with Gasteiger partial charge in [-0.1, -0.05) is 170 Å². The van der Waals surface area contributed by atoms with E-state index in [0.29, 0.717) is 0 Å². The highest BCUT2D eigenvalue weighted by Crippen LogP contribution is 2.57.